The number of carbonyl (C=O) groups is 1. The molecule has 10 heteroatoms. The smallest absolute Gasteiger partial charge is 0.346 e. The molecule has 3 nitrogen and oxygen atoms in total. The van der Waals surface area contributed by atoms with Gasteiger partial charge in [0.05, 0.1) is 0 Å². The standard InChI is InChI=1S/C80H113NO2S7/c1-7-13-19-25-31-37-43-60-51-52-84-78(60)79-65(48-42-36-30-24-18-12-6)56-71(88-79)70-55-62(45-39-33-27-21-15-9-3)74(87-70)68-49-50-69(86-68)75-63(46-40-34-28-22-16-10-4)57-73(89-75)77-64(47-41-35-29-23-17-11-5)58-72(90-77)76-61(44-38-32-26-20-14-8-2)53-67(85-76)54-66(59-81)80(82)83/h49-58H,7-48H2,1-6H3,(H,82,83)/b66-54+. The molecule has 0 aliphatic rings. The van der Waals surface area contributed by atoms with Gasteiger partial charge in [0.25, 0.3) is 0 Å². The van der Waals surface area contributed by atoms with E-state index >= 15 is 0 Å². The van der Waals surface area contributed by atoms with Gasteiger partial charge in [-0.1, -0.05) is 234 Å². The summed E-state index contributed by atoms with van der Waals surface area (Å²) in [6.45, 7) is 13.9. The number of nitriles is 1. The minimum atomic E-state index is -1.16. The van der Waals surface area contributed by atoms with E-state index in [9.17, 15) is 15.2 Å². The lowest BCUT2D eigenvalue weighted by Gasteiger charge is -2.06. The molecule has 0 amide bonds. The van der Waals surface area contributed by atoms with Crippen LogP contribution in [0.4, 0.5) is 0 Å². The molecule has 0 spiro atoms. The molecule has 0 saturated carbocycles. The van der Waals surface area contributed by atoms with Gasteiger partial charge in [-0.3, -0.25) is 0 Å². The summed E-state index contributed by atoms with van der Waals surface area (Å²) in [5, 5.41) is 22.1. The van der Waals surface area contributed by atoms with Crippen molar-refractivity contribution < 1.29 is 9.90 Å². The summed E-state index contributed by atoms with van der Waals surface area (Å²) in [4.78, 5) is 30.2. The number of thiophene rings is 7. The molecule has 0 radical (unpaired) electrons. The number of hydrogen-bond donors (Lipinski definition) is 1. The number of carboxylic acids is 1. The maximum Gasteiger partial charge on any atom is 0.346 e. The second-order valence-corrected chi connectivity index (χ2v) is 33.2. The largest absolute Gasteiger partial charge is 0.477 e. The SMILES string of the molecule is CCCCCCCCc1cc(/C=C(\C#N)C(=O)O)sc1-c1cc(CCCCCCCC)c(-c2cc(CCCCCCCC)c(-c3ccc(-c4sc(-c5cc(CCCCCCCC)c(-c6sccc6CCCCCCCC)s5)cc4CCCCCCCC)s3)s2)s1. The molecule has 90 heavy (non-hydrogen) atoms. The van der Waals surface area contributed by atoms with E-state index in [1.165, 1.54) is 303 Å². The molecule has 0 aliphatic carbocycles. The first-order chi connectivity index (χ1) is 44.2. The Kier molecular flexibility index (Phi) is 35.2. The number of aryl methyl sites for hydroxylation is 6. The number of aliphatic carboxylic acids is 1. The highest BCUT2D eigenvalue weighted by Crippen LogP contribution is 2.52. The monoisotopic (exact) mass is 1340 g/mol. The van der Waals surface area contributed by atoms with Crippen molar-refractivity contribution in [1.82, 2.24) is 0 Å². The van der Waals surface area contributed by atoms with E-state index in [2.05, 4.69) is 118 Å². The van der Waals surface area contributed by atoms with Crippen molar-refractivity contribution >= 4 is 91.4 Å². The van der Waals surface area contributed by atoms with Crippen molar-refractivity contribution in [1.29, 1.82) is 5.26 Å². The zero-order valence-corrected chi connectivity index (χ0v) is 62.3. The molecule has 0 saturated heterocycles. The highest BCUT2D eigenvalue weighted by atomic mass is 32.1. The summed E-state index contributed by atoms with van der Waals surface area (Å²) < 4.78 is 0. The lowest BCUT2D eigenvalue weighted by Crippen LogP contribution is -1.96. The minimum absolute atomic E-state index is 0.204. The van der Waals surface area contributed by atoms with Gasteiger partial charge in [-0.2, -0.15) is 5.26 Å². The Bertz CT molecular complexity index is 3190. The summed E-state index contributed by atoms with van der Waals surface area (Å²) in [6, 6.07) is 22.0. The third-order valence-corrected chi connectivity index (χ3v) is 27.2. The highest BCUT2D eigenvalue weighted by molar-refractivity contribution is 7.31. The molecule has 0 fully saturated rings. The molecular formula is C80H113NO2S7. The molecule has 7 aromatic rings. The zero-order chi connectivity index (χ0) is 63.6. The summed E-state index contributed by atoms with van der Waals surface area (Å²) in [7, 11) is 0. The van der Waals surface area contributed by atoms with Crippen LogP contribution in [0.2, 0.25) is 0 Å². The Hall–Kier alpha value is -3.40. The van der Waals surface area contributed by atoms with Gasteiger partial charge in [0.2, 0.25) is 0 Å². The van der Waals surface area contributed by atoms with E-state index in [0.717, 1.165) is 37.0 Å². The predicted octanol–water partition coefficient (Wildman–Crippen LogP) is 29.5. The lowest BCUT2D eigenvalue weighted by atomic mass is 10.0. The number of carboxylic acid groups (broad SMARTS) is 1. The van der Waals surface area contributed by atoms with Crippen LogP contribution in [-0.4, -0.2) is 11.1 Å². The van der Waals surface area contributed by atoms with E-state index in [4.69, 9.17) is 0 Å². The van der Waals surface area contributed by atoms with E-state index in [1.807, 2.05) is 51.4 Å². The van der Waals surface area contributed by atoms with Gasteiger partial charge >= 0.3 is 5.97 Å². The summed E-state index contributed by atoms with van der Waals surface area (Å²) >= 11 is 13.9. The quantitative estimate of drug-likeness (QED) is 0.0235. The summed E-state index contributed by atoms with van der Waals surface area (Å²) in [5.74, 6) is -1.16. The molecule has 0 unspecified atom stereocenters. The fraction of sp³-hybridized carbons (Fsp3) is 0.600. The van der Waals surface area contributed by atoms with Gasteiger partial charge < -0.3 is 5.11 Å². The molecule has 7 rings (SSSR count). The molecule has 7 heterocycles. The Labute approximate surface area is 575 Å². The Morgan fingerprint density at radius 2 is 0.644 bits per heavy atom. The first-order valence-corrected chi connectivity index (χ1v) is 42.2. The molecule has 0 aromatic carbocycles. The van der Waals surface area contributed by atoms with Crippen LogP contribution >= 0.6 is 79.4 Å². The fourth-order valence-electron chi connectivity index (χ4n) is 12.8. The van der Waals surface area contributed by atoms with Gasteiger partial charge in [-0.05, 0) is 170 Å². The van der Waals surface area contributed by atoms with Crippen LogP contribution in [0.3, 0.4) is 0 Å². The predicted molar refractivity (Wildman–Crippen MR) is 408 cm³/mol. The van der Waals surface area contributed by atoms with Crippen LogP contribution in [0.25, 0.3) is 64.6 Å². The van der Waals surface area contributed by atoms with Crippen molar-refractivity contribution in [2.75, 3.05) is 0 Å². The molecule has 492 valence electrons. The molecule has 0 bridgehead atoms. The number of hydrogen-bond acceptors (Lipinski definition) is 9. The van der Waals surface area contributed by atoms with E-state index < -0.39 is 5.97 Å². The Morgan fingerprint density at radius 3 is 1.02 bits per heavy atom. The summed E-state index contributed by atoms with van der Waals surface area (Å²) in [5.41, 5.74) is 8.76. The number of unbranched alkanes of at least 4 members (excludes halogenated alkanes) is 30. The summed E-state index contributed by atoms with van der Waals surface area (Å²) in [6.07, 6.45) is 54.7. The average molecular weight is 1350 g/mol. The van der Waals surface area contributed by atoms with Crippen LogP contribution in [0.1, 0.15) is 311 Å². The molecule has 0 aliphatic heterocycles. The van der Waals surface area contributed by atoms with Gasteiger partial charge in [0.1, 0.15) is 11.6 Å². The molecule has 0 atom stereocenters. The fourth-order valence-corrected chi connectivity index (χ4v) is 21.6. The van der Waals surface area contributed by atoms with Crippen LogP contribution in [0.15, 0.2) is 59.5 Å². The molecular weight excluding hydrogens is 1230 g/mol. The van der Waals surface area contributed by atoms with Crippen molar-refractivity contribution in [3.8, 4) is 64.6 Å². The van der Waals surface area contributed by atoms with Crippen LogP contribution in [0, 0.1) is 11.3 Å². The van der Waals surface area contributed by atoms with Gasteiger partial charge in [0, 0.05) is 63.4 Å². The lowest BCUT2D eigenvalue weighted by molar-refractivity contribution is -0.132. The Morgan fingerprint density at radius 1 is 0.344 bits per heavy atom. The van der Waals surface area contributed by atoms with Gasteiger partial charge in [-0.15, -0.1) is 79.4 Å². The zero-order valence-electron chi connectivity index (χ0n) is 56.6. The first kappa shape index (κ1) is 74.0. The molecule has 1 N–H and O–H groups in total. The molecule has 7 aromatic heterocycles. The number of nitrogens with zero attached hydrogens (tertiary/aromatic N) is 1. The minimum Gasteiger partial charge on any atom is -0.477 e. The van der Waals surface area contributed by atoms with Crippen molar-refractivity contribution in [3.05, 3.63) is 97.7 Å². The first-order valence-electron chi connectivity index (χ1n) is 36.4. The average Bonchev–Trinajstić information content (AvgIpc) is 1.68. The normalized spacial score (nSPS) is 11.9. The second kappa shape index (κ2) is 42.8. The van der Waals surface area contributed by atoms with E-state index in [1.54, 1.807) is 43.9 Å². The van der Waals surface area contributed by atoms with Crippen LogP contribution in [-0.2, 0) is 43.3 Å². The van der Waals surface area contributed by atoms with Crippen molar-refractivity contribution in [3.63, 3.8) is 0 Å². The Balaban J connectivity index is 1.27. The van der Waals surface area contributed by atoms with E-state index in [-0.39, 0.29) is 5.57 Å². The number of rotatable bonds is 50. The highest BCUT2D eigenvalue weighted by Gasteiger charge is 2.25. The third-order valence-electron chi connectivity index (χ3n) is 18.2. The van der Waals surface area contributed by atoms with Crippen LogP contribution < -0.4 is 0 Å². The topological polar surface area (TPSA) is 61.1 Å². The van der Waals surface area contributed by atoms with Crippen LogP contribution in [0.5, 0.6) is 0 Å². The second-order valence-electron chi connectivity index (χ2n) is 25.9. The van der Waals surface area contributed by atoms with Crippen molar-refractivity contribution in [2.24, 2.45) is 0 Å². The van der Waals surface area contributed by atoms with Crippen molar-refractivity contribution in [2.45, 2.75) is 311 Å². The third kappa shape index (κ3) is 23.8. The van der Waals surface area contributed by atoms with Gasteiger partial charge in [0.15, 0.2) is 0 Å². The maximum absolute atomic E-state index is 12.1. The van der Waals surface area contributed by atoms with Gasteiger partial charge in [-0.25, -0.2) is 4.79 Å². The maximum atomic E-state index is 12.1. The van der Waals surface area contributed by atoms with E-state index in [0.29, 0.717) is 0 Å².